The van der Waals surface area contributed by atoms with Gasteiger partial charge in [0.25, 0.3) is 0 Å². The SMILES string of the molecule is Cc1ccccc1C1=CC(Br)(c2ccccc2C)C=CC1C(=O)[O-]. The van der Waals surface area contributed by atoms with Gasteiger partial charge in [-0.15, -0.1) is 0 Å². The molecule has 3 rings (SSSR count). The lowest BCUT2D eigenvalue weighted by Gasteiger charge is -2.32. The number of halogens is 1. The first kappa shape index (κ1) is 16.7. The number of aliphatic carboxylic acids is 1. The highest BCUT2D eigenvalue weighted by molar-refractivity contribution is 9.09. The highest BCUT2D eigenvalue weighted by Crippen LogP contribution is 2.44. The van der Waals surface area contributed by atoms with Crippen LogP contribution in [0.5, 0.6) is 0 Å². The summed E-state index contributed by atoms with van der Waals surface area (Å²) in [4.78, 5) is 11.6. The van der Waals surface area contributed by atoms with E-state index in [-0.39, 0.29) is 0 Å². The van der Waals surface area contributed by atoms with Crippen LogP contribution in [-0.2, 0) is 9.12 Å². The maximum absolute atomic E-state index is 11.6. The van der Waals surface area contributed by atoms with Crippen LogP contribution in [-0.4, -0.2) is 5.97 Å². The van der Waals surface area contributed by atoms with Gasteiger partial charge in [0, 0.05) is 5.92 Å². The summed E-state index contributed by atoms with van der Waals surface area (Å²) >= 11 is 3.82. The van der Waals surface area contributed by atoms with Gasteiger partial charge in [-0.05, 0) is 41.7 Å². The summed E-state index contributed by atoms with van der Waals surface area (Å²) in [5.74, 6) is -1.83. The lowest BCUT2D eigenvalue weighted by molar-refractivity contribution is -0.307. The predicted octanol–water partition coefficient (Wildman–Crippen LogP) is 3.91. The van der Waals surface area contributed by atoms with E-state index in [2.05, 4.69) is 35.0 Å². The van der Waals surface area contributed by atoms with E-state index in [4.69, 9.17) is 0 Å². The first-order valence-corrected chi connectivity index (χ1v) is 8.65. The summed E-state index contributed by atoms with van der Waals surface area (Å²) in [6.07, 6.45) is 5.62. The maximum atomic E-state index is 11.6. The molecule has 3 heteroatoms. The van der Waals surface area contributed by atoms with Crippen LogP contribution in [0.25, 0.3) is 5.57 Å². The van der Waals surface area contributed by atoms with Crippen molar-refractivity contribution in [1.29, 1.82) is 0 Å². The van der Waals surface area contributed by atoms with Crippen LogP contribution in [0.3, 0.4) is 0 Å². The molecule has 0 radical (unpaired) electrons. The van der Waals surface area contributed by atoms with E-state index in [1.165, 1.54) is 0 Å². The molecule has 0 saturated carbocycles. The van der Waals surface area contributed by atoms with Gasteiger partial charge in [-0.1, -0.05) is 82.7 Å². The number of alkyl halides is 1. The fourth-order valence-electron chi connectivity index (χ4n) is 3.22. The van der Waals surface area contributed by atoms with E-state index in [1.54, 1.807) is 6.08 Å². The number of benzene rings is 2. The molecule has 2 aromatic carbocycles. The molecule has 1 aliphatic rings. The van der Waals surface area contributed by atoms with Crippen LogP contribution >= 0.6 is 15.9 Å². The van der Waals surface area contributed by atoms with Gasteiger partial charge >= 0.3 is 0 Å². The number of hydrogen-bond acceptors (Lipinski definition) is 2. The number of allylic oxidation sites excluding steroid dienone is 2. The molecular weight excluding hydrogens is 364 g/mol. The zero-order valence-electron chi connectivity index (χ0n) is 13.6. The highest BCUT2D eigenvalue weighted by atomic mass is 79.9. The minimum absolute atomic E-state index is 0.526. The Morgan fingerprint density at radius 2 is 1.67 bits per heavy atom. The number of carbonyl (C=O) groups is 1. The molecule has 122 valence electrons. The number of aryl methyl sites for hydroxylation is 2. The molecule has 2 unspecified atom stereocenters. The molecular formula is C21H18BrO2-. The molecule has 2 aromatic rings. The fourth-order valence-corrected chi connectivity index (χ4v) is 4.07. The first-order valence-electron chi connectivity index (χ1n) is 7.86. The highest BCUT2D eigenvalue weighted by Gasteiger charge is 2.32. The maximum Gasteiger partial charge on any atom is 0.0875 e. The molecule has 0 heterocycles. The zero-order chi connectivity index (χ0) is 17.3. The molecule has 2 atom stereocenters. The topological polar surface area (TPSA) is 40.1 Å². The van der Waals surface area contributed by atoms with Crippen molar-refractivity contribution in [1.82, 2.24) is 0 Å². The number of rotatable bonds is 3. The van der Waals surface area contributed by atoms with Gasteiger partial charge < -0.3 is 9.90 Å². The average Bonchev–Trinajstić information content (AvgIpc) is 2.55. The fraction of sp³-hybridized carbons (Fsp3) is 0.190. The molecule has 1 aliphatic carbocycles. The van der Waals surface area contributed by atoms with Crippen molar-refractivity contribution in [3.8, 4) is 0 Å². The van der Waals surface area contributed by atoms with E-state index in [0.717, 1.165) is 27.8 Å². The van der Waals surface area contributed by atoms with Crippen molar-refractivity contribution in [2.24, 2.45) is 5.92 Å². The zero-order valence-corrected chi connectivity index (χ0v) is 15.2. The van der Waals surface area contributed by atoms with E-state index in [1.807, 2.05) is 55.5 Å². The van der Waals surface area contributed by atoms with Crippen molar-refractivity contribution in [2.45, 2.75) is 18.2 Å². The minimum atomic E-state index is -1.08. The lowest BCUT2D eigenvalue weighted by atomic mass is 9.80. The molecule has 0 aliphatic heterocycles. The Hall–Kier alpha value is -2.13. The summed E-state index contributed by atoms with van der Waals surface area (Å²) < 4.78 is -0.526. The normalized spacial score (nSPS) is 23.0. The third-order valence-corrected chi connectivity index (χ3v) is 5.42. The van der Waals surface area contributed by atoms with E-state index >= 15 is 0 Å². The Bertz CT molecular complexity index is 850. The van der Waals surface area contributed by atoms with Crippen LogP contribution in [0.2, 0.25) is 0 Å². The monoisotopic (exact) mass is 381 g/mol. The van der Waals surface area contributed by atoms with Gasteiger partial charge in [0.15, 0.2) is 0 Å². The minimum Gasteiger partial charge on any atom is -0.549 e. The summed E-state index contributed by atoms with van der Waals surface area (Å²) in [5, 5.41) is 11.6. The van der Waals surface area contributed by atoms with Crippen LogP contribution < -0.4 is 5.11 Å². The average molecular weight is 382 g/mol. The van der Waals surface area contributed by atoms with Crippen molar-refractivity contribution in [3.63, 3.8) is 0 Å². The predicted molar refractivity (Wildman–Crippen MR) is 98.6 cm³/mol. The Kier molecular flexibility index (Phi) is 4.46. The van der Waals surface area contributed by atoms with Crippen LogP contribution in [0.15, 0.2) is 66.8 Å². The molecule has 0 aromatic heterocycles. The third kappa shape index (κ3) is 2.96. The Balaban J connectivity index is 2.19. The van der Waals surface area contributed by atoms with Crippen molar-refractivity contribution >= 4 is 27.5 Å². The van der Waals surface area contributed by atoms with Crippen molar-refractivity contribution in [2.75, 3.05) is 0 Å². The van der Waals surface area contributed by atoms with Gasteiger partial charge in [0.2, 0.25) is 0 Å². The van der Waals surface area contributed by atoms with Crippen LogP contribution in [0.4, 0.5) is 0 Å². The summed E-state index contributed by atoms with van der Waals surface area (Å²) in [6.45, 7) is 4.04. The molecule has 0 fully saturated rings. The Labute approximate surface area is 150 Å². The number of carboxylic acids is 1. The second-order valence-corrected chi connectivity index (χ2v) is 7.47. The summed E-state index contributed by atoms with van der Waals surface area (Å²) in [5.41, 5.74) is 4.99. The first-order chi connectivity index (χ1) is 11.4. The second kappa shape index (κ2) is 6.40. The Morgan fingerprint density at radius 3 is 2.29 bits per heavy atom. The van der Waals surface area contributed by atoms with Crippen LogP contribution in [0, 0.1) is 19.8 Å². The van der Waals surface area contributed by atoms with Crippen LogP contribution in [0.1, 0.15) is 22.3 Å². The van der Waals surface area contributed by atoms with E-state index in [9.17, 15) is 9.90 Å². The molecule has 0 bridgehead atoms. The van der Waals surface area contributed by atoms with Gasteiger partial charge in [-0.25, -0.2) is 0 Å². The van der Waals surface area contributed by atoms with Gasteiger partial charge in [-0.3, -0.25) is 0 Å². The largest absolute Gasteiger partial charge is 0.549 e. The van der Waals surface area contributed by atoms with Crippen molar-refractivity contribution < 1.29 is 9.90 Å². The number of carbonyl (C=O) groups excluding carboxylic acids is 1. The molecule has 0 amide bonds. The van der Waals surface area contributed by atoms with Gasteiger partial charge in [0.05, 0.1) is 10.3 Å². The van der Waals surface area contributed by atoms with E-state index < -0.39 is 16.2 Å². The standard InChI is InChI=1S/C21H19BrO2/c1-14-7-3-5-9-16(14)18-13-21(22,12-11-17(18)20(23)24)19-10-6-4-8-15(19)2/h3-13,17H,1-2H3,(H,23,24)/p-1. The smallest absolute Gasteiger partial charge is 0.0875 e. The lowest BCUT2D eigenvalue weighted by Crippen LogP contribution is -2.33. The molecule has 0 saturated heterocycles. The molecule has 0 spiro atoms. The van der Waals surface area contributed by atoms with E-state index in [0.29, 0.717) is 0 Å². The second-order valence-electron chi connectivity index (χ2n) is 6.15. The Morgan fingerprint density at radius 1 is 1.04 bits per heavy atom. The molecule has 2 nitrogen and oxygen atoms in total. The third-order valence-electron chi connectivity index (χ3n) is 4.50. The quantitative estimate of drug-likeness (QED) is 0.597. The van der Waals surface area contributed by atoms with Gasteiger partial charge in [0.1, 0.15) is 0 Å². The summed E-state index contributed by atoms with van der Waals surface area (Å²) in [7, 11) is 0. The summed E-state index contributed by atoms with van der Waals surface area (Å²) in [6, 6.07) is 15.9. The molecule has 0 N–H and O–H groups in total. The molecule has 24 heavy (non-hydrogen) atoms. The van der Waals surface area contributed by atoms with Crippen molar-refractivity contribution in [3.05, 3.63) is 89.0 Å². The number of hydrogen-bond donors (Lipinski definition) is 0. The number of carboxylic acid groups (broad SMARTS) is 1. The van der Waals surface area contributed by atoms with Gasteiger partial charge in [-0.2, -0.15) is 0 Å².